The molecule has 0 aliphatic carbocycles. The van der Waals surface area contributed by atoms with Gasteiger partial charge in [0, 0.05) is 11.6 Å². The highest BCUT2D eigenvalue weighted by molar-refractivity contribution is 7.19. The maximum atomic E-state index is 12.0. The maximum Gasteiger partial charge on any atom is 0.321 e. The van der Waals surface area contributed by atoms with Gasteiger partial charge in [0.15, 0.2) is 5.13 Å². The summed E-state index contributed by atoms with van der Waals surface area (Å²) in [5, 5.41) is 6.24. The van der Waals surface area contributed by atoms with Crippen LogP contribution in [0, 0.1) is 0 Å². The summed E-state index contributed by atoms with van der Waals surface area (Å²) in [5.74, 6) is 0. The molecule has 0 bridgehead atoms. The summed E-state index contributed by atoms with van der Waals surface area (Å²) in [6, 6.07) is 19.9. The minimum absolute atomic E-state index is 0.0761. The Kier molecular flexibility index (Phi) is 4.91. The number of rotatable bonds is 4. The van der Waals surface area contributed by atoms with E-state index in [4.69, 9.17) is 0 Å². The van der Waals surface area contributed by atoms with Crippen LogP contribution in [0.2, 0.25) is 0 Å². The quantitative estimate of drug-likeness (QED) is 0.703. The van der Waals surface area contributed by atoms with Gasteiger partial charge in [-0.25, -0.2) is 9.78 Å². The van der Waals surface area contributed by atoms with Crippen LogP contribution in [0.1, 0.15) is 13.8 Å². The van der Waals surface area contributed by atoms with Crippen molar-refractivity contribution in [1.82, 2.24) is 10.3 Å². The van der Waals surface area contributed by atoms with E-state index < -0.39 is 0 Å². The predicted molar refractivity (Wildman–Crippen MR) is 100 cm³/mol. The van der Waals surface area contributed by atoms with Crippen molar-refractivity contribution >= 4 is 22.5 Å². The van der Waals surface area contributed by atoms with E-state index in [0.717, 1.165) is 21.7 Å². The van der Waals surface area contributed by atoms with Crippen LogP contribution in [0.4, 0.5) is 9.93 Å². The van der Waals surface area contributed by atoms with Crippen molar-refractivity contribution in [2.45, 2.75) is 19.9 Å². The lowest BCUT2D eigenvalue weighted by molar-refractivity contribution is 0.250. The molecule has 0 radical (unpaired) electrons. The molecular weight excluding hydrogens is 318 g/mol. The van der Waals surface area contributed by atoms with Crippen LogP contribution in [0.5, 0.6) is 0 Å². The van der Waals surface area contributed by atoms with Crippen LogP contribution in [0.25, 0.3) is 21.7 Å². The summed E-state index contributed by atoms with van der Waals surface area (Å²) >= 11 is 1.48. The summed E-state index contributed by atoms with van der Waals surface area (Å²) in [5.41, 5.74) is 3.00. The van der Waals surface area contributed by atoms with Crippen LogP contribution in [-0.4, -0.2) is 17.1 Å². The number of hydrogen-bond donors (Lipinski definition) is 2. The highest BCUT2D eigenvalue weighted by Gasteiger charge is 2.16. The van der Waals surface area contributed by atoms with Gasteiger partial charge in [-0.3, -0.25) is 5.32 Å². The number of nitrogens with zero attached hydrogens (tertiary/aromatic N) is 1. The fourth-order valence-corrected chi connectivity index (χ4v) is 3.33. The molecule has 2 N–H and O–H groups in total. The third kappa shape index (κ3) is 3.81. The van der Waals surface area contributed by atoms with Gasteiger partial charge in [-0.2, -0.15) is 0 Å². The number of urea groups is 1. The number of amides is 2. The number of hydrogen-bond acceptors (Lipinski definition) is 3. The lowest BCUT2D eigenvalue weighted by atomic mass is 10.1. The Morgan fingerprint density at radius 1 is 0.958 bits per heavy atom. The van der Waals surface area contributed by atoms with Crippen molar-refractivity contribution in [2.24, 2.45) is 0 Å². The van der Waals surface area contributed by atoms with Crippen molar-refractivity contribution in [3.63, 3.8) is 0 Å². The summed E-state index contributed by atoms with van der Waals surface area (Å²) < 4.78 is 0. The van der Waals surface area contributed by atoms with Gasteiger partial charge in [-0.15, -0.1) is 0 Å². The van der Waals surface area contributed by atoms with Gasteiger partial charge < -0.3 is 5.32 Å². The second kappa shape index (κ2) is 7.27. The lowest BCUT2D eigenvalue weighted by Gasteiger charge is -2.07. The minimum atomic E-state index is -0.238. The summed E-state index contributed by atoms with van der Waals surface area (Å²) in [4.78, 5) is 17.7. The zero-order chi connectivity index (χ0) is 16.9. The highest BCUT2D eigenvalue weighted by atomic mass is 32.1. The molecule has 122 valence electrons. The zero-order valence-corrected chi connectivity index (χ0v) is 14.4. The van der Waals surface area contributed by atoms with Crippen molar-refractivity contribution < 1.29 is 4.79 Å². The van der Waals surface area contributed by atoms with E-state index in [2.05, 4.69) is 27.8 Å². The van der Waals surface area contributed by atoms with Crippen LogP contribution in [-0.2, 0) is 0 Å². The summed E-state index contributed by atoms with van der Waals surface area (Å²) in [6.45, 7) is 3.85. The first-order valence-corrected chi connectivity index (χ1v) is 8.64. The Labute approximate surface area is 145 Å². The molecule has 2 amide bonds. The molecule has 24 heavy (non-hydrogen) atoms. The first-order valence-electron chi connectivity index (χ1n) is 7.82. The van der Waals surface area contributed by atoms with Crippen LogP contribution in [0.3, 0.4) is 0 Å². The molecule has 0 spiro atoms. The third-order valence-corrected chi connectivity index (χ3v) is 4.37. The molecular formula is C19H19N3OS. The van der Waals surface area contributed by atoms with Crippen LogP contribution < -0.4 is 10.6 Å². The van der Waals surface area contributed by atoms with Gasteiger partial charge in [0.2, 0.25) is 0 Å². The first-order chi connectivity index (χ1) is 11.6. The van der Waals surface area contributed by atoms with E-state index in [1.165, 1.54) is 11.3 Å². The third-order valence-electron chi connectivity index (χ3n) is 3.35. The maximum absolute atomic E-state index is 12.0. The largest absolute Gasteiger partial charge is 0.336 e. The fourth-order valence-electron chi connectivity index (χ4n) is 2.35. The molecule has 0 unspecified atom stereocenters. The number of nitrogens with one attached hydrogen (secondary N) is 2. The number of carbonyl (C=O) groups excluding carboxylic acids is 1. The first kappa shape index (κ1) is 16.2. The van der Waals surface area contributed by atoms with Gasteiger partial charge in [0.25, 0.3) is 0 Å². The number of anilines is 1. The van der Waals surface area contributed by atoms with E-state index in [1.54, 1.807) is 0 Å². The Morgan fingerprint density at radius 2 is 1.54 bits per heavy atom. The average Bonchev–Trinajstić information content (AvgIpc) is 2.99. The van der Waals surface area contributed by atoms with E-state index in [9.17, 15) is 4.79 Å². The Bertz CT molecular complexity index is 756. The fraction of sp³-hybridized carbons (Fsp3) is 0.158. The average molecular weight is 337 g/mol. The van der Waals surface area contributed by atoms with Crippen molar-refractivity contribution in [3.8, 4) is 21.7 Å². The molecule has 0 atom stereocenters. The van der Waals surface area contributed by atoms with Crippen LogP contribution >= 0.6 is 11.3 Å². The van der Waals surface area contributed by atoms with Crippen molar-refractivity contribution in [3.05, 3.63) is 60.7 Å². The molecule has 0 saturated heterocycles. The van der Waals surface area contributed by atoms with Gasteiger partial charge in [0.05, 0.1) is 10.6 Å². The number of aromatic nitrogens is 1. The minimum Gasteiger partial charge on any atom is -0.336 e. The molecule has 4 nitrogen and oxygen atoms in total. The second-order valence-corrected chi connectivity index (χ2v) is 6.68. The van der Waals surface area contributed by atoms with Crippen LogP contribution in [0.15, 0.2) is 60.7 Å². The molecule has 0 aliphatic rings. The van der Waals surface area contributed by atoms with Gasteiger partial charge in [-0.1, -0.05) is 72.0 Å². The number of carbonyl (C=O) groups is 1. The van der Waals surface area contributed by atoms with E-state index >= 15 is 0 Å². The SMILES string of the molecule is CC(C)NC(=O)Nc1nc(-c2ccccc2)c(-c2ccccc2)s1. The molecule has 0 fully saturated rings. The standard InChI is InChI=1S/C19H19N3OS/c1-13(2)20-18(23)22-19-21-16(14-9-5-3-6-10-14)17(24-19)15-11-7-4-8-12-15/h3-13H,1-2H3,(H2,20,21,22,23). The monoisotopic (exact) mass is 337 g/mol. The molecule has 0 saturated carbocycles. The zero-order valence-electron chi connectivity index (χ0n) is 13.6. The highest BCUT2D eigenvalue weighted by Crippen LogP contribution is 2.38. The van der Waals surface area contributed by atoms with Gasteiger partial charge in [-0.05, 0) is 19.4 Å². The molecule has 0 aliphatic heterocycles. The molecule has 2 aromatic carbocycles. The second-order valence-electron chi connectivity index (χ2n) is 5.68. The summed E-state index contributed by atoms with van der Waals surface area (Å²) in [6.07, 6.45) is 0. The Balaban J connectivity index is 1.99. The van der Waals surface area contributed by atoms with Gasteiger partial charge >= 0.3 is 6.03 Å². The van der Waals surface area contributed by atoms with E-state index in [0.29, 0.717) is 5.13 Å². The van der Waals surface area contributed by atoms with E-state index in [1.807, 2.05) is 62.4 Å². The molecule has 1 aromatic heterocycles. The number of benzene rings is 2. The molecule has 1 heterocycles. The Hall–Kier alpha value is -2.66. The summed E-state index contributed by atoms with van der Waals surface area (Å²) in [7, 11) is 0. The normalized spacial score (nSPS) is 10.6. The Morgan fingerprint density at radius 3 is 2.12 bits per heavy atom. The van der Waals surface area contributed by atoms with Gasteiger partial charge in [0.1, 0.15) is 0 Å². The number of thiazole rings is 1. The predicted octanol–water partition coefficient (Wildman–Crippen LogP) is 5.01. The van der Waals surface area contributed by atoms with Crippen molar-refractivity contribution in [2.75, 3.05) is 5.32 Å². The molecule has 5 heteroatoms. The lowest BCUT2D eigenvalue weighted by Crippen LogP contribution is -2.34. The molecule has 3 rings (SSSR count). The smallest absolute Gasteiger partial charge is 0.321 e. The van der Waals surface area contributed by atoms with Crippen molar-refractivity contribution in [1.29, 1.82) is 0 Å². The topological polar surface area (TPSA) is 54.0 Å². The van der Waals surface area contributed by atoms with E-state index in [-0.39, 0.29) is 12.1 Å². The molecule has 3 aromatic rings.